The molecule has 1 aromatic carbocycles. The van der Waals surface area contributed by atoms with Crippen LogP contribution in [0, 0.1) is 11.8 Å². The van der Waals surface area contributed by atoms with Gasteiger partial charge in [-0.25, -0.2) is 13.2 Å². The first kappa shape index (κ1) is 17.8. The maximum atomic E-state index is 12.0. The number of sulfone groups is 1. The van der Waals surface area contributed by atoms with Crippen LogP contribution >= 0.6 is 0 Å². The topological polar surface area (TPSA) is 75.3 Å². The zero-order chi connectivity index (χ0) is 16.9. The Morgan fingerprint density at radius 3 is 2.52 bits per heavy atom. The van der Waals surface area contributed by atoms with Crippen LogP contribution in [-0.4, -0.2) is 38.5 Å². The summed E-state index contributed by atoms with van der Waals surface area (Å²) >= 11 is 0. The molecular formula is C17H26N2O3S. The van der Waals surface area contributed by atoms with E-state index >= 15 is 0 Å². The molecule has 23 heavy (non-hydrogen) atoms. The lowest BCUT2D eigenvalue weighted by Crippen LogP contribution is -2.44. The maximum absolute atomic E-state index is 12.0. The van der Waals surface area contributed by atoms with Crippen molar-refractivity contribution in [1.82, 2.24) is 10.6 Å². The normalized spacial score (nSPS) is 21.1. The Labute approximate surface area is 138 Å². The first-order valence-corrected chi connectivity index (χ1v) is 9.96. The minimum absolute atomic E-state index is 0.0536. The summed E-state index contributed by atoms with van der Waals surface area (Å²) in [5, 5.41) is 5.66. The van der Waals surface area contributed by atoms with Gasteiger partial charge >= 0.3 is 6.03 Å². The Kier molecular flexibility index (Phi) is 6.04. The Hall–Kier alpha value is -1.56. The summed E-state index contributed by atoms with van der Waals surface area (Å²) < 4.78 is 22.8. The Morgan fingerprint density at radius 2 is 1.96 bits per heavy atom. The predicted molar refractivity (Wildman–Crippen MR) is 92.1 cm³/mol. The van der Waals surface area contributed by atoms with Gasteiger partial charge in [0, 0.05) is 12.6 Å². The highest BCUT2D eigenvalue weighted by atomic mass is 32.2. The van der Waals surface area contributed by atoms with E-state index in [9.17, 15) is 13.2 Å². The van der Waals surface area contributed by atoms with Gasteiger partial charge in [0.1, 0.15) is 0 Å². The number of amides is 2. The molecule has 1 fully saturated rings. The van der Waals surface area contributed by atoms with Crippen LogP contribution in [0.1, 0.15) is 25.8 Å². The standard InChI is InChI=1S/C17H26N2O3S/c1-13(2)15(10-14-6-4-3-5-7-14)11-18-17(20)19-16-8-9-23(21,22)12-16/h3-7,13,15-16H,8-12H2,1-2H3,(H2,18,19,20)/t15-,16+/m0/s1. The van der Waals surface area contributed by atoms with Crippen LogP contribution in [0.25, 0.3) is 0 Å². The highest BCUT2D eigenvalue weighted by Crippen LogP contribution is 2.16. The van der Waals surface area contributed by atoms with Gasteiger partial charge in [-0.2, -0.15) is 0 Å². The number of hydrogen-bond acceptors (Lipinski definition) is 3. The second-order valence-corrected chi connectivity index (χ2v) is 8.88. The van der Waals surface area contributed by atoms with Crippen molar-refractivity contribution in [3.05, 3.63) is 35.9 Å². The number of benzene rings is 1. The molecular weight excluding hydrogens is 312 g/mol. The highest BCUT2D eigenvalue weighted by Gasteiger charge is 2.29. The SMILES string of the molecule is CC(C)[C@H](CNC(=O)N[C@@H]1CCS(=O)(=O)C1)Cc1ccccc1. The van der Waals surface area contributed by atoms with Gasteiger partial charge in [0.25, 0.3) is 0 Å². The van der Waals surface area contributed by atoms with Crippen molar-refractivity contribution in [3.8, 4) is 0 Å². The van der Waals surface area contributed by atoms with Crippen molar-refractivity contribution in [1.29, 1.82) is 0 Å². The van der Waals surface area contributed by atoms with Crippen molar-refractivity contribution in [3.63, 3.8) is 0 Å². The van der Waals surface area contributed by atoms with Crippen LogP contribution in [0.15, 0.2) is 30.3 Å². The van der Waals surface area contributed by atoms with E-state index in [4.69, 9.17) is 0 Å². The number of urea groups is 1. The smallest absolute Gasteiger partial charge is 0.315 e. The third-order valence-electron chi connectivity index (χ3n) is 4.38. The second kappa shape index (κ2) is 7.81. The molecule has 1 saturated heterocycles. The quantitative estimate of drug-likeness (QED) is 0.833. The fourth-order valence-electron chi connectivity index (χ4n) is 2.83. The molecule has 1 aromatic rings. The zero-order valence-electron chi connectivity index (χ0n) is 13.8. The summed E-state index contributed by atoms with van der Waals surface area (Å²) in [4.78, 5) is 12.0. The Balaban J connectivity index is 1.80. The van der Waals surface area contributed by atoms with E-state index in [1.54, 1.807) is 0 Å². The van der Waals surface area contributed by atoms with Crippen LogP contribution in [0.5, 0.6) is 0 Å². The molecule has 2 rings (SSSR count). The first-order chi connectivity index (χ1) is 10.9. The van der Waals surface area contributed by atoms with Crippen LogP contribution < -0.4 is 10.6 Å². The molecule has 0 aliphatic carbocycles. The highest BCUT2D eigenvalue weighted by molar-refractivity contribution is 7.91. The van der Waals surface area contributed by atoms with Crippen molar-refractivity contribution in [2.24, 2.45) is 11.8 Å². The summed E-state index contributed by atoms with van der Waals surface area (Å²) in [7, 11) is -2.97. The zero-order valence-corrected chi connectivity index (χ0v) is 14.6. The second-order valence-electron chi connectivity index (χ2n) is 6.65. The van der Waals surface area contributed by atoms with Crippen molar-refractivity contribution >= 4 is 15.9 Å². The van der Waals surface area contributed by atoms with Gasteiger partial charge in [-0.3, -0.25) is 0 Å². The van der Waals surface area contributed by atoms with Gasteiger partial charge in [-0.1, -0.05) is 44.2 Å². The van der Waals surface area contributed by atoms with Crippen LogP contribution in [0.2, 0.25) is 0 Å². The van der Waals surface area contributed by atoms with Gasteiger partial charge in [-0.05, 0) is 30.2 Å². The molecule has 0 unspecified atom stereocenters. The average molecular weight is 338 g/mol. The molecule has 1 aliphatic rings. The summed E-state index contributed by atoms with van der Waals surface area (Å²) in [6.45, 7) is 4.88. The Morgan fingerprint density at radius 1 is 1.26 bits per heavy atom. The third-order valence-corrected chi connectivity index (χ3v) is 6.14. The molecule has 2 amide bonds. The van der Waals surface area contributed by atoms with E-state index in [0.29, 0.717) is 24.8 Å². The van der Waals surface area contributed by atoms with E-state index in [1.165, 1.54) is 5.56 Å². The number of rotatable bonds is 6. The van der Waals surface area contributed by atoms with E-state index in [1.807, 2.05) is 18.2 Å². The molecule has 2 atom stereocenters. The third kappa shape index (κ3) is 5.86. The molecule has 2 N–H and O–H groups in total. The van der Waals surface area contributed by atoms with Crippen molar-refractivity contribution < 1.29 is 13.2 Å². The fraction of sp³-hybridized carbons (Fsp3) is 0.588. The Bertz CT molecular complexity index is 614. The fourth-order valence-corrected chi connectivity index (χ4v) is 4.50. The molecule has 0 spiro atoms. The van der Waals surface area contributed by atoms with Gasteiger partial charge in [0.05, 0.1) is 11.5 Å². The van der Waals surface area contributed by atoms with Gasteiger partial charge in [0.15, 0.2) is 9.84 Å². The van der Waals surface area contributed by atoms with Crippen LogP contribution in [0.4, 0.5) is 4.79 Å². The number of hydrogen-bond donors (Lipinski definition) is 2. The summed E-state index contributed by atoms with van der Waals surface area (Å²) in [5.41, 5.74) is 1.26. The van der Waals surface area contributed by atoms with E-state index in [2.05, 4.69) is 36.6 Å². The van der Waals surface area contributed by atoms with E-state index in [-0.39, 0.29) is 23.6 Å². The largest absolute Gasteiger partial charge is 0.338 e. The molecule has 0 aromatic heterocycles. The summed E-state index contributed by atoms with van der Waals surface area (Å²) in [6.07, 6.45) is 1.42. The van der Waals surface area contributed by atoms with Crippen molar-refractivity contribution in [2.75, 3.05) is 18.1 Å². The van der Waals surface area contributed by atoms with Crippen molar-refractivity contribution in [2.45, 2.75) is 32.7 Å². The molecule has 128 valence electrons. The van der Waals surface area contributed by atoms with Gasteiger partial charge in [0.2, 0.25) is 0 Å². The predicted octanol–water partition coefficient (Wildman–Crippen LogP) is 1.99. The maximum Gasteiger partial charge on any atom is 0.315 e. The average Bonchev–Trinajstić information content (AvgIpc) is 2.83. The first-order valence-electron chi connectivity index (χ1n) is 8.14. The van der Waals surface area contributed by atoms with E-state index < -0.39 is 9.84 Å². The van der Waals surface area contributed by atoms with Gasteiger partial charge < -0.3 is 10.6 Å². The molecule has 1 heterocycles. The van der Waals surface area contributed by atoms with Gasteiger partial charge in [-0.15, -0.1) is 0 Å². The number of carbonyl (C=O) groups excluding carboxylic acids is 1. The molecule has 1 aliphatic heterocycles. The minimum atomic E-state index is -2.97. The molecule has 5 nitrogen and oxygen atoms in total. The number of carbonyl (C=O) groups is 1. The molecule has 0 bridgehead atoms. The summed E-state index contributed by atoms with van der Waals surface area (Å²) in [6, 6.07) is 9.70. The molecule has 0 radical (unpaired) electrons. The molecule has 0 saturated carbocycles. The minimum Gasteiger partial charge on any atom is -0.338 e. The van der Waals surface area contributed by atoms with Crippen LogP contribution in [-0.2, 0) is 16.3 Å². The van der Waals surface area contributed by atoms with Crippen LogP contribution in [0.3, 0.4) is 0 Å². The summed E-state index contributed by atoms with van der Waals surface area (Å²) in [5.74, 6) is 1.01. The lowest BCUT2D eigenvalue weighted by molar-refractivity contribution is 0.233. The lowest BCUT2D eigenvalue weighted by Gasteiger charge is -2.22. The lowest BCUT2D eigenvalue weighted by atomic mass is 9.89. The monoisotopic (exact) mass is 338 g/mol. The van der Waals surface area contributed by atoms with E-state index in [0.717, 1.165) is 6.42 Å². The molecule has 6 heteroatoms. The number of nitrogens with one attached hydrogen (secondary N) is 2.